The molecule has 0 bridgehead atoms. The van der Waals surface area contributed by atoms with E-state index in [1.165, 1.54) is 0 Å². The second kappa shape index (κ2) is 5.68. The minimum absolute atomic E-state index is 0.646. The molecule has 0 spiro atoms. The van der Waals surface area contributed by atoms with Crippen molar-refractivity contribution in [1.82, 2.24) is 14.4 Å². The molecule has 0 unspecified atom stereocenters. The maximum absolute atomic E-state index is 5.46. The molecule has 2 aromatic rings. The largest absolute Gasteiger partial charge is 0.353 e. The van der Waals surface area contributed by atoms with Gasteiger partial charge < -0.3 is 14.7 Å². The van der Waals surface area contributed by atoms with Gasteiger partial charge in [-0.15, -0.1) is 0 Å². The lowest BCUT2D eigenvalue weighted by molar-refractivity contribution is 0.734. The van der Waals surface area contributed by atoms with Gasteiger partial charge in [-0.1, -0.05) is 13.8 Å². The summed E-state index contributed by atoms with van der Waals surface area (Å²) in [6, 6.07) is 0. The summed E-state index contributed by atoms with van der Waals surface area (Å²) in [5.41, 5.74) is 3.47. The van der Waals surface area contributed by atoms with Crippen LogP contribution >= 0.6 is 0 Å². The molecule has 18 heavy (non-hydrogen) atoms. The Labute approximate surface area is 107 Å². The van der Waals surface area contributed by atoms with Crippen molar-refractivity contribution in [2.45, 2.75) is 26.7 Å². The molecule has 6 nitrogen and oxygen atoms in total. The quantitative estimate of drug-likeness (QED) is 0.600. The Bertz CT molecular complexity index is 500. The van der Waals surface area contributed by atoms with Crippen LogP contribution in [-0.4, -0.2) is 27.5 Å². The highest BCUT2D eigenvalue weighted by Crippen LogP contribution is 2.20. The van der Waals surface area contributed by atoms with E-state index in [1.807, 2.05) is 16.8 Å². The summed E-state index contributed by atoms with van der Waals surface area (Å²) in [7, 11) is 0. The van der Waals surface area contributed by atoms with Gasteiger partial charge >= 0.3 is 0 Å². The van der Waals surface area contributed by atoms with E-state index in [0.29, 0.717) is 5.82 Å². The number of nitrogens with zero attached hydrogens (tertiary/aromatic N) is 4. The second-order valence-electron chi connectivity index (χ2n) is 4.24. The van der Waals surface area contributed by atoms with Crippen molar-refractivity contribution < 1.29 is 0 Å². The molecule has 6 heteroatoms. The fourth-order valence-electron chi connectivity index (χ4n) is 2.06. The van der Waals surface area contributed by atoms with Gasteiger partial charge in [-0.3, -0.25) is 0 Å². The molecule has 0 aliphatic heterocycles. The lowest BCUT2D eigenvalue weighted by Crippen LogP contribution is -2.27. The fraction of sp³-hybridized carbons (Fsp3) is 0.500. The Morgan fingerprint density at radius 2 is 2.06 bits per heavy atom. The average Bonchev–Trinajstić information content (AvgIpc) is 2.85. The summed E-state index contributed by atoms with van der Waals surface area (Å²) in [6.07, 6.45) is 7.67. The van der Waals surface area contributed by atoms with E-state index in [1.54, 1.807) is 6.20 Å². The van der Waals surface area contributed by atoms with E-state index in [4.69, 9.17) is 5.84 Å². The first kappa shape index (κ1) is 12.6. The van der Waals surface area contributed by atoms with E-state index in [-0.39, 0.29) is 0 Å². The molecule has 3 N–H and O–H groups in total. The number of hydrogen-bond donors (Lipinski definition) is 2. The van der Waals surface area contributed by atoms with E-state index >= 15 is 0 Å². The third-order valence-corrected chi connectivity index (χ3v) is 2.79. The van der Waals surface area contributed by atoms with Gasteiger partial charge in [-0.2, -0.15) is 0 Å². The minimum atomic E-state index is 0.646. The maximum Gasteiger partial charge on any atom is 0.180 e. The summed E-state index contributed by atoms with van der Waals surface area (Å²) < 4.78 is 1.94. The summed E-state index contributed by atoms with van der Waals surface area (Å²) in [5, 5.41) is 0. The predicted molar refractivity (Wildman–Crippen MR) is 73.6 cm³/mol. The van der Waals surface area contributed by atoms with Gasteiger partial charge in [0.15, 0.2) is 17.3 Å². The molecule has 0 saturated carbocycles. The molecule has 0 aliphatic carbocycles. The second-order valence-corrected chi connectivity index (χ2v) is 4.24. The molecule has 0 aromatic carbocycles. The first-order valence-corrected chi connectivity index (χ1v) is 6.35. The number of imidazole rings is 1. The van der Waals surface area contributed by atoms with Crippen LogP contribution in [0.5, 0.6) is 0 Å². The Kier molecular flexibility index (Phi) is 3.99. The van der Waals surface area contributed by atoms with Crippen LogP contribution in [0.1, 0.15) is 26.7 Å². The molecule has 0 atom stereocenters. The Hall–Kier alpha value is -1.82. The summed E-state index contributed by atoms with van der Waals surface area (Å²) in [6.45, 7) is 6.27. The molecule has 98 valence electrons. The summed E-state index contributed by atoms with van der Waals surface area (Å²) in [5.74, 6) is 7.00. The zero-order chi connectivity index (χ0) is 13.0. The van der Waals surface area contributed by atoms with Crippen LogP contribution in [0.2, 0.25) is 0 Å². The third kappa shape index (κ3) is 2.38. The van der Waals surface area contributed by atoms with Gasteiger partial charge in [0, 0.05) is 25.5 Å². The van der Waals surface area contributed by atoms with Crippen molar-refractivity contribution in [3.05, 3.63) is 18.6 Å². The lowest BCUT2D eigenvalue weighted by Gasteiger charge is -2.23. The first-order valence-electron chi connectivity index (χ1n) is 6.35. The van der Waals surface area contributed by atoms with E-state index < -0.39 is 0 Å². The van der Waals surface area contributed by atoms with Gasteiger partial charge in [0.25, 0.3) is 0 Å². The highest BCUT2D eigenvalue weighted by Gasteiger charge is 2.13. The van der Waals surface area contributed by atoms with E-state index in [0.717, 1.165) is 37.4 Å². The Balaban J connectivity index is 2.48. The van der Waals surface area contributed by atoms with Crippen molar-refractivity contribution in [3.63, 3.8) is 0 Å². The average molecular weight is 248 g/mol. The topological polar surface area (TPSA) is 71.5 Å². The van der Waals surface area contributed by atoms with Crippen LogP contribution < -0.4 is 16.2 Å². The summed E-state index contributed by atoms with van der Waals surface area (Å²) >= 11 is 0. The highest BCUT2D eigenvalue weighted by atomic mass is 15.3. The lowest BCUT2D eigenvalue weighted by atomic mass is 10.3. The van der Waals surface area contributed by atoms with Crippen LogP contribution in [0.15, 0.2) is 18.6 Å². The maximum atomic E-state index is 5.46. The van der Waals surface area contributed by atoms with Crippen LogP contribution in [0.4, 0.5) is 11.6 Å². The monoisotopic (exact) mass is 248 g/mol. The SMILES string of the molecule is CCCN(CCC)c1nc(NN)cn2ccnc12. The van der Waals surface area contributed by atoms with Crippen molar-refractivity contribution >= 4 is 17.3 Å². The molecule has 2 aromatic heterocycles. The van der Waals surface area contributed by atoms with Crippen LogP contribution in [-0.2, 0) is 0 Å². The van der Waals surface area contributed by atoms with Gasteiger partial charge in [-0.25, -0.2) is 15.8 Å². The molecule has 0 saturated heterocycles. The smallest absolute Gasteiger partial charge is 0.180 e. The van der Waals surface area contributed by atoms with Crippen LogP contribution in [0.25, 0.3) is 5.65 Å². The predicted octanol–water partition coefficient (Wildman–Crippen LogP) is 1.64. The first-order chi connectivity index (χ1) is 8.80. The molecule has 0 fully saturated rings. The molecule has 0 radical (unpaired) electrons. The number of nitrogen functional groups attached to an aromatic ring is 1. The number of rotatable bonds is 6. The van der Waals surface area contributed by atoms with Crippen molar-refractivity contribution in [2.75, 3.05) is 23.4 Å². The van der Waals surface area contributed by atoms with Gasteiger partial charge in [0.1, 0.15) is 0 Å². The Morgan fingerprint density at radius 3 is 2.67 bits per heavy atom. The molecular weight excluding hydrogens is 228 g/mol. The fourth-order valence-corrected chi connectivity index (χ4v) is 2.06. The number of fused-ring (bicyclic) bond motifs is 1. The number of aromatic nitrogens is 3. The van der Waals surface area contributed by atoms with Crippen LogP contribution in [0.3, 0.4) is 0 Å². The van der Waals surface area contributed by atoms with E-state index in [9.17, 15) is 0 Å². The highest BCUT2D eigenvalue weighted by molar-refractivity contribution is 5.66. The molecule has 0 amide bonds. The van der Waals surface area contributed by atoms with Gasteiger partial charge in [0.2, 0.25) is 0 Å². The number of hydrazine groups is 1. The molecular formula is C12H20N6. The normalized spacial score (nSPS) is 10.8. The number of hydrogen-bond acceptors (Lipinski definition) is 5. The van der Waals surface area contributed by atoms with Crippen LogP contribution in [0, 0.1) is 0 Å². The number of anilines is 2. The Morgan fingerprint density at radius 1 is 1.33 bits per heavy atom. The van der Waals surface area contributed by atoms with Gasteiger partial charge in [0.05, 0.1) is 6.20 Å². The zero-order valence-corrected chi connectivity index (χ0v) is 10.9. The molecule has 0 aliphatic rings. The van der Waals surface area contributed by atoms with Crippen molar-refractivity contribution in [3.8, 4) is 0 Å². The third-order valence-electron chi connectivity index (χ3n) is 2.79. The molecule has 2 heterocycles. The number of nitrogens with one attached hydrogen (secondary N) is 1. The minimum Gasteiger partial charge on any atom is -0.353 e. The number of nitrogens with two attached hydrogens (primary N) is 1. The zero-order valence-electron chi connectivity index (χ0n) is 10.9. The van der Waals surface area contributed by atoms with Gasteiger partial charge in [-0.05, 0) is 12.8 Å². The standard InChI is InChI=1S/C12H20N6/c1-3-6-17(7-4-2)12-11-14-5-8-18(11)9-10(15-12)16-13/h5,8-9,16H,3-4,6-7,13H2,1-2H3. The summed E-state index contributed by atoms with van der Waals surface area (Å²) in [4.78, 5) is 11.2. The van der Waals surface area contributed by atoms with Crippen molar-refractivity contribution in [2.24, 2.45) is 5.84 Å². The molecule has 2 rings (SSSR count). The van der Waals surface area contributed by atoms with E-state index in [2.05, 4.69) is 34.1 Å². The van der Waals surface area contributed by atoms with Crippen molar-refractivity contribution in [1.29, 1.82) is 0 Å².